The van der Waals surface area contributed by atoms with Crippen LogP contribution in [0.5, 0.6) is 0 Å². The van der Waals surface area contributed by atoms with Crippen molar-refractivity contribution in [2.75, 3.05) is 7.05 Å². The van der Waals surface area contributed by atoms with Gasteiger partial charge in [0, 0.05) is 11.1 Å². The zero-order chi connectivity index (χ0) is 20.6. The number of rotatable bonds is 6. The molecule has 0 saturated heterocycles. The van der Waals surface area contributed by atoms with Gasteiger partial charge in [0.25, 0.3) is 0 Å². The SMILES string of the molecule is C=C1CC(C)CC(C(C)NC)C1.CC(C)(C=O)NSc1ccc(Cl)cc1F. The van der Waals surface area contributed by atoms with Crippen LogP contribution in [0, 0.1) is 17.7 Å². The van der Waals surface area contributed by atoms with Gasteiger partial charge in [0.15, 0.2) is 0 Å². The van der Waals surface area contributed by atoms with E-state index in [-0.39, 0.29) is 0 Å². The molecule has 1 fully saturated rings. The molecule has 2 N–H and O–H groups in total. The van der Waals surface area contributed by atoms with E-state index in [1.165, 1.54) is 30.9 Å². The van der Waals surface area contributed by atoms with Gasteiger partial charge in [0.1, 0.15) is 12.1 Å². The van der Waals surface area contributed by atoms with E-state index in [9.17, 15) is 9.18 Å². The van der Waals surface area contributed by atoms with Gasteiger partial charge in [-0.25, -0.2) is 9.11 Å². The van der Waals surface area contributed by atoms with Crippen molar-refractivity contribution in [1.29, 1.82) is 0 Å². The number of hydrogen-bond acceptors (Lipinski definition) is 4. The summed E-state index contributed by atoms with van der Waals surface area (Å²) in [6.45, 7) is 12.1. The fourth-order valence-electron chi connectivity index (χ4n) is 3.02. The topological polar surface area (TPSA) is 41.1 Å². The van der Waals surface area contributed by atoms with Gasteiger partial charge in [0.2, 0.25) is 0 Å². The van der Waals surface area contributed by atoms with Crippen molar-refractivity contribution in [3.63, 3.8) is 0 Å². The van der Waals surface area contributed by atoms with Crippen LogP contribution in [0.1, 0.15) is 47.0 Å². The van der Waals surface area contributed by atoms with E-state index < -0.39 is 11.4 Å². The standard InChI is InChI=1S/C11H21N.C10H11ClFNOS/c1-8-5-9(2)7-11(6-8)10(3)12-4;1-10(2,6-14)13-15-9-4-3-7(11)5-8(9)12/h9-12H,1,5-7H2,2-4H3;3-6,13H,1-2H3. The van der Waals surface area contributed by atoms with Crippen molar-refractivity contribution in [3.05, 3.63) is 41.2 Å². The molecule has 1 aliphatic rings. The molecule has 1 saturated carbocycles. The fourth-order valence-corrected chi connectivity index (χ4v) is 3.89. The number of halogens is 2. The molecule has 0 radical (unpaired) electrons. The Kier molecular flexibility index (Phi) is 10.0. The van der Waals surface area contributed by atoms with E-state index in [0.29, 0.717) is 16.0 Å². The average molecular weight is 415 g/mol. The van der Waals surface area contributed by atoms with Crippen LogP contribution < -0.4 is 10.0 Å². The Morgan fingerprint density at radius 1 is 1.41 bits per heavy atom. The molecule has 152 valence electrons. The molecule has 1 aromatic carbocycles. The van der Waals surface area contributed by atoms with E-state index in [1.807, 2.05) is 7.05 Å². The number of hydrogen-bond donors (Lipinski definition) is 2. The van der Waals surface area contributed by atoms with Crippen LogP contribution in [0.3, 0.4) is 0 Å². The minimum atomic E-state index is -0.684. The molecule has 0 amide bonds. The Morgan fingerprint density at radius 2 is 2.07 bits per heavy atom. The number of carbonyl (C=O) groups is 1. The third kappa shape index (κ3) is 8.77. The minimum absolute atomic E-state index is 0.353. The number of nitrogens with one attached hydrogen (secondary N) is 2. The van der Waals surface area contributed by atoms with Gasteiger partial charge in [0.05, 0.1) is 10.4 Å². The normalized spacial score (nSPS) is 21.2. The smallest absolute Gasteiger partial charge is 0.140 e. The molecule has 0 bridgehead atoms. The summed E-state index contributed by atoms with van der Waals surface area (Å²) in [7, 11) is 2.05. The van der Waals surface area contributed by atoms with Crippen LogP contribution in [0.4, 0.5) is 4.39 Å². The van der Waals surface area contributed by atoms with Crippen molar-refractivity contribution < 1.29 is 9.18 Å². The zero-order valence-electron chi connectivity index (χ0n) is 16.9. The van der Waals surface area contributed by atoms with Gasteiger partial charge < -0.3 is 10.1 Å². The third-order valence-corrected chi connectivity index (χ3v) is 6.08. The summed E-state index contributed by atoms with van der Waals surface area (Å²) in [5, 5.41) is 3.69. The fraction of sp³-hybridized carbons (Fsp3) is 0.571. The predicted octanol–water partition coefficient (Wildman–Crippen LogP) is 5.64. The van der Waals surface area contributed by atoms with Crippen molar-refractivity contribution in [2.24, 2.45) is 11.8 Å². The lowest BCUT2D eigenvalue weighted by molar-refractivity contribution is -0.111. The van der Waals surface area contributed by atoms with E-state index >= 15 is 0 Å². The Balaban J connectivity index is 0.000000277. The van der Waals surface area contributed by atoms with Crippen LogP contribution >= 0.6 is 23.5 Å². The van der Waals surface area contributed by atoms with Crippen LogP contribution in [0.2, 0.25) is 5.02 Å². The quantitative estimate of drug-likeness (QED) is 0.359. The molecule has 3 atom stereocenters. The Morgan fingerprint density at radius 3 is 2.59 bits per heavy atom. The maximum absolute atomic E-state index is 13.3. The van der Waals surface area contributed by atoms with E-state index in [4.69, 9.17) is 11.6 Å². The van der Waals surface area contributed by atoms with Crippen molar-refractivity contribution in [3.8, 4) is 0 Å². The highest BCUT2D eigenvalue weighted by atomic mass is 35.5. The summed E-state index contributed by atoms with van der Waals surface area (Å²) < 4.78 is 16.1. The average Bonchev–Trinajstić information content (AvgIpc) is 2.60. The van der Waals surface area contributed by atoms with Gasteiger partial charge in [-0.05, 0) is 89.1 Å². The largest absolute Gasteiger partial charge is 0.317 e. The van der Waals surface area contributed by atoms with E-state index in [0.717, 1.165) is 30.1 Å². The molecule has 0 aromatic heterocycles. The second-order valence-electron chi connectivity index (χ2n) is 7.95. The van der Waals surface area contributed by atoms with E-state index in [2.05, 4.69) is 30.5 Å². The number of carbonyl (C=O) groups excluding carboxylic acids is 1. The van der Waals surface area contributed by atoms with Crippen molar-refractivity contribution in [2.45, 2.75) is 63.4 Å². The van der Waals surface area contributed by atoms with Gasteiger partial charge in [-0.3, -0.25) is 0 Å². The highest BCUT2D eigenvalue weighted by Crippen LogP contribution is 2.33. The first-order valence-corrected chi connectivity index (χ1v) is 10.5. The first-order valence-electron chi connectivity index (χ1n) is 9.27. The number of allylic oxidation sites excluding steroid dienone is 1. The lowest BCUT2D eigenvalue weighted by Gasteiger charge is -2.32. The van der Waals surface area contributed by atoms with Gasteiger partial charge in [-0.15, -0.1) is 0 Å². The monoisotopic (exact) mass is 414 g/mol. The van der Waals surface area contributed by atoms with Crippen LogP contribution in [0.25, 0.3) is 0 Å². The maximum atomic E-state index is 13.3. The second kappa shape index (κ2) is 11.2. The van der Waals surface area contributed by atoms with Gasteiger partial charge >= 0.3 is 0 Å². The summed E-state index contributed by atoms with van der Waals surface area (Å²) in [6, 6.07) is 5.04. The minimum Gasteiger partial charge on any atom is -0.317 e. The summed E-state index contributed by atoms with van der Waals surface area (Å²) in [4.78, 5) is 11.0. The molecule has 27 heavy (non-hydrogen) atoms. The summed E-state index contributed by atoms with van der Waals surface area (Å²) in [5.74, 6) is 1.25. The molecule has 1 aromatic rings. The second-order valence-corrected chi connectivity index (χ2v) is 9.24. The van der Waals surface area contributed by atoms with Crippen molar-refractivity contribution >= 4 is 29.8 Å². The highest BCUT2D eigenvalue weighted by molar-refractivity contribution is 7.97. The van der Waals surface area contributed by atoms with Gasteiger partial charge in [-0.1, -0.05) is 30.7 Å². The molecule has 0 heterocycles. The van der Waals surface area contributed by atoms with Crippen LogP contribution in [-0.2, 0) is 4.79 Å². The Labute approximate surface area is 172 Å². The maximum Gasteiger partial charge on any atom is 0.140 e. The molecule has 0 spiro atoms. The third-order valence-electron chi connectivity index (χ3n) is 4.67. The molecule has 1 aliphatic carbocycles. The first kappa shape index (κ1) is 24.2. The lowest BCUT2D eigenvalue weighted by atomic mass is 9.77. The molecule has 3 unspecified atom stereocenters. The molecular formula is C21H32ClFN2OS. The highest BCUT2D eigenvalue weighted by Gasteiger charge is 2.24. The summed E-state index contributed by atoms with van der Waals surface area (Å²) in [6.07, 6.45) is 4.61. The van der Waals surface area contributed by atoms with Crippen LogP contribution in [-0.4, -0.2) is 24.9 Å². The molecule has 0 aliphatic heterocycles. The zero-order valence-corrected chi connectivity index (χ0v) is 18.5. The Bertz CT molecular complexity index is 639. The Hall–Kier alpha value is -0.880. The van der Waals surface area contributed by atoms with E-state index in [1.54, 1.807) is 26.0 Å². The molecule has 3 nitrogen and oxygen atoms in total. The van der Waals surface area contributed by atoms with Crippen LogP contribution in [0.15, 0.2) is 35.2 Å². The molecule has 2 rings (SSSR count). The summed E-state index contributed by atoms with van der Waals surface area (Å²) in [5.41, 5.74) is 0.761. The van der Waals surface area contributed by atoms with Crippen molar-refractivity contribution in [1.82, 2.24) is 10.0 Å². The molecule has 6 heteroatoms. The lowest BCUT2D eigenvalue weighted by Crippen LogP contribution is -2.35. The van der Waals surface area contributed by atoms with Gasteiger partial charge in [-0.2, -0.15) is 0 Å². The molecular weight excluding hydrogens is 383 g/mol. The number of benzene rings is 1. The number of aldehydes is 1. The first-order chi connectivity index (χ1) is 12.6. The predicted molar refractivity (Wildman–Crippen MR) is 115 cm³/mol. The summed E-state index contributed by atoms with van der Waals surface area (Å²) >= 11 is 6.68.